The van der Waals surface area contributed by atoms with Gasteiger partial charge in [0.05, 0.1) is 5.56 Å². The first-order chi connectivity index (χ1) is 11.0. The summed E-state index contributed by atoms with van der Waals surface area (Å²) in [4.78, 5) is 26.3. The van der Waals surface area contributed by atoms with Gasteiger partial charge in [0, 0.05) is 30.6 Å². The van der Waals surface area contributed by atoms with Crippen LogP contribution >= 0.6 is 0 Å². The number of pyridine rings is 1. The number of nitrogens with zero attached hydrogens (tertiary/aromatic N) is 1. The first kappa shape index (κ1) is 15.0. The van der Waals surface area contributed by atoms with Gasteiger partial charge in [-0.2, -0.15) is 0 Å². The molecule has 0 bridgehead atoms. The third-order valence-corrected chi connectivity index (χ3v) is 3.90. The first-order valence-corrected chi connectivity index (χ1v) is 7.01. The van der Waals surface area contributed by atoms with Crippen molar-refractivity contribution in [2.75, 3.05) is 12.3 Å². The molecule has 1 aromatic carbocycles. The van der Waals surface area contributed by atoms with Gasteiger partial charge in [0.1, 0.15) is 11.6 Å². The summed E-state index contributed by atoms with van der Waals surface area (Å²) >= 11 is 0. The van der Waals surface area contributed by atoms with Crippen LogP contribution in [0.25, 0.3) is 11.1 Å². The van der Waals surface area contributed by atoms with Crippen LogP contribution < -0.4 is 11.1 Å². The van der Waals surface area contributed by atoms with Gasteiger partial charge in [-0.15, -0.1) is 0 Å². The van der Waals surface area contributed by atoms with Crippen molar-refractivity contribution in [2.24, 2.45) is 0 Å². The number of aromatic nitrogens is 1. The summed E-state index contributed by atoms with van der Waals surface area (Å²) in [6, 6.07) is 5.57. The summed E-state index contributed by atoms with van der Waals surface area (Å²) in [7, 11) is 0. The van der Waals surface area contributed by atoms with Crippen LogP contribution in [0.1, 0.15) is 28.3 Å². The monoisotopic (exact) mass is 315 g/mol. The number of benzene rings is 1. The fourth-order valence-electron chi connectivity index (χ4n) is 2.64. The summed E-state index contributed by atoms with van der Waals surface area (Å²) in [5, 5.41) is 11.6. The number of hydrogen-bond acceptors (Lipinski definition) is 4. The smallest absolute Gasteiger partial charge is 0.338 e. The van der Waals surface area contributed by atoms with Crippen molar-refractivity contribution in [3.05, 3.63) is 47.4 Å². The van der Waals surface area contributed by atoms with E-state index in [0.717, 1.165) is 11.6 Å². The third-order valence-electron chi connectivity index (χ3n) is 3.90. The minimum atomic E-state index is -1.33. The third kappa shape index (κ3) is 2.85. The molecule has 1 saturated heterocycles. The highest BCUT2D eigenvalue weighted by atomic mass is 19.1. The Labute approximate surface area is 131 Å². The Morgan fingerprint density at radius 2 is 2.17 bits per heavy atom. The molecule has 2 heterocycles. The van der Waals surface area contributed by atoms with Crippen LogP contribution in [0.5, 0.6) is 0 Å². The van der Waals surface area contributed by atoms with Crippen molar-refractivity contribution in [3.63, 3.8) is 0 Å². The first-order valence-electron chi connectivity index (χ1n) is 7.01. The minimum Gasteiger partial charge on any atom is -0.478 e. The summed E-state index contributed by atoms with van der Waals surface area (Å²) in [5.41, 5.74) is 7.24. The second kappa shape index (κ2) is 5.68. The van der Waals surface area contributed by atoms with Crippen LogP contribution in [-0.4, -0.2) is 28.5 Å². The summed E-state index contributed by atoms with van der Waals surface area (Å²) in [6.45, 7) is 0.524. The molecule has 0 saturated carbocycles. The summed E-state index contributed by atoms with van der Waals surface area (Å²) in [5.74, 6) is -1.97. The van der Waals surface area contributed by atoms with Crippen LogP contribution in [0.15, 0.2) is 30.5 Å². The second-order valence-corrected chi connectivity index (χ2v) is 5.41. The van der Waals surface area contributed by atoms with Gasteiger partial charge in [-0.1, -0.05) is 6.07 Å². The van der Waals surface area contributed by atoms with Gasteiger partial charge in [0.25, 0.3) is 0 Å². The molecule has 0 aliphatic carbocycles. The zero-order valence-electron chi connectivity index (χ0n) is 12.0. The number of rotatable bonds is 3. The predicted octanol–water partition coefficient (Wildman–Crippen LogP) is 1.77. The largest absolute Gasteiger partial charge is 0.478 e. The van der Waals surface area contributed by atoms with E-state index in [1.165, 1.54) is 12.1 Å². The van der Waals surface area contributed by atoms with Crippen LogP contribution in [0.2, 0.25) is 0 Å². The molecule has 118 valence electrons. The fourth-order valence-corrected chi connectivity index (χ4v) is 2.64. The lowest BCUT2D eigenvalue weighted by atomic mass is 9.96. The van der Waals surface area contributed by atoms with Gasteiger partial charge in [-0.3, -0.25) is 4.79 Å². The number of aromatic carboxylic acids is 1. The van der Waals surface area contributed by atoms with Crippen LogP contribution in [-0.2, 0) is 4.79 Å². The van der Waals surface area contributed by atoms with Gasteiger partial charge in [-0.05, 0) is 29.3 Å². The minimum absolute atomic E-state index is 0.00232. The molecule has 23 heavy (non-hydrogen) atoms. The number of carboxylic acids is 1. The average molecular weight is 315 g/mol. The molecule has 1 aliphatic rings. The maximum atomic E-state index is 13.9. The molecular weight excluding hydrogens is 301 g/mol. The van der Waals surface area contributed by atoms with Crippen LogP contribution in [0.4, 0.5) is 10.2 Å². The van der Waals surface area contributed by atoms with E-state index in [2.05, 4.69) is 10.3 Å². The number of nitrogens with one attached hydrogen (secondary N) is 1. The molecule has 1 aromatic heterocycles. The van der Waals surface area contributed by atoms with Crippen molar-refractivity contribution in [1.82, 2.24) is 10.3 Å². The second-order valence-electron chi connectivity index (χ2n) is 5.41. The van der Waals surface area contributed by atoms with Crippen molar-refractivity contribution in [1.29, 1.82) is 0 Å². The highest BCUT2D eigenvalue weighted by Crippen LogP contribution is 2.31. The number of nitrogen functional groups attached to an aromatic ring is 1. The van der Waals surface area contributed by atoms with E-state index in [4.69, 9.17) is 10.8 Å². The van der Waals surface area contributed by atoms with Gasteiger partial charge < -0.3 is 16.2 Å². The Bertz CT molecular complexity index is 807. The number of carbonyl (C=O) groups is 2. The Hall–Kier alpha value is -2.96. The van der Waals surface area contributed by atoms with Crippen molar-refractivity contribution in [2.45, 2.75) is 12.3 Å². The van der Waals surface area contributed by atoms with Crippen molar-refractivity contribution < 1.29 is 19.1 Å². The Balaban J connectivity index is 2.00. The molecule has 3 rings (SSSR count). The quantitative estimate of drug-likeness (QED) is 0.800. The molecule has 1 aliphatic heterocycles. The SMILES string of the molecule is Nc1ncc([C@H]2CNC(=O)C2)cc1-c1ccc(C(=O)O)c(F)c1. The van der Waals surface area contributed by atoms with E-state index in [0.29, 0.717) is 24.1 Å². The Morgan fingerprint density at radius 1 is 1.39 bits per heavy atom. The molecule has 0 unspecified atom stereocenters. The van der Waals surface area contributed by atoms with E-state index in [1.54, 1.807) is 12.3 Å². The Morgan fingerprint density at radius 3 is 2.78 bits per heavy atom. The number of amides is 1. The molecule has 4 N–H and O–H groups in total. The lowest BCUT2D eigenvalue weighted by Crippen LogP contribution is -2.13. The van der Waals surface area contributed by atoms with Crippen molar-refractivity contribution >= 4 is 17.7 Å². The molecule has 0 spiro atoms. The maximum absolute atomic E-state index is 13.9. The summed E-state index contributed by atoms with van der Waals surface area (Å²) in [6.07, 6.45) is 1.98. The van der Waals surface area contributed by atoms with Crippen molar-refractivity contribution in [3.8, 4) is 11.1 Å². The zero-order valence-corrected chi connectivity index (χ0v) is 12.0. The number of anilines is 1. The standard InChI is InChI=1S/C16H14FN3O3/c17-13-4-8(1-2-11(13)16(22)23)12-3-9(7-20-15(12)18)10-5-14(21)19-6-10/h1-4,7,10H,5-6H2,(H2,18,20)(H,19,21)(H,22,23)/t10-/m1/s1. The Kier molecular flexibility index (Phi) is 3.69. The molecule has 0 radical (unpaired) electrons. The molecule has 1 amide bonds. The normalized spacial score (nSPS) is 17.1. The molecule has 1 atom stereocenters. The van der Waals surface area contributed by atoms with E-state index >= 15 is 0 Å². The van der Waals surface area contributed by atoms with Crippen LogP contribution in [0, 0.1) is 5.82 Å². The predicted molar refractivity (Wildman–Crippen MR) is 81.4 cm³/mol. The maximum Gasteiger partial charge on any atom is 0.338 e. The average Bonchev–Trinajstić information content (AvgIpc) is 2.94. The number of carbonyl (C=O) groups excluding carboxylic acids is 1. The van der Waals surface area contributed by atoms with E-state index in [9.17, 15) is 14.0 Å². The van der Waals surface area contributed by atoms with Gasteiger partial charge >= 0.3 is 5.97 Å². The van der Waals surface area contributed by atoms with Crippen LogP contribution in [0.3, 0.4) is 0 Å². The van der Waals surface area contributed by atoms with E-state index in [-0.39, 0.29) is 17.6 Å². The molecule has 7 heteroatoms. The number of carboxylic acid groups (broad SMARTS) is 1. The number of nitrogens with two attached hydrogens (primary N) is 1. The lowest BCUT2D eigenvalue weighted by molar-refractivity contribution is -0.119. The highest BCUT2D eigenvalue weighted by Gasteiger charge is 2.24. The molecule has 2 aromatic rings. The zero-order chi connectivity index (χ0) is 16.6. The van der Waals surface area contributed by atoms with E-state index in [1.807, 2.05) is 0 Å². The highest BCUT2D eigenvalue weighted by molar-refractivity contribution is 5.89. The molecule has 6 nitrogen and oxygen atoms in total. The topological polar surface area (TPSA) is 105 Å². The van der Waals surface area contributed by atoms with Gasteiger partial charge in [0.15, 0.2) is 0 Å². The lowest BCUT2D eigenvalue weighted by Gasteiger charge is -2.12. The number of halogens is 1. The van der Waals surface area contributed by atoms with Gasteiger partial charge in [-0.25, -0.2) is 14.2 Å². The molecular formula is C16H14FN3O3. The van der Waals surface area contributed by atoms with E-state index < -0.39 is 17.3 Å². The fraction of sp³-hybridized carbons (Fsp3) is 0.188. The summed E-state index contributed by atoms with van der Waals surface area (Å²) < 4.78 is 13.9. The van der Waals surface area contributed by atoms with Gasteiger partial charge in [0.2, 0.25) is 5.91 Å². The molecule has 1 fully saturated rings. The number of hydrogen-bond donors (Lipinski definition) is 3.